The molecule has 0 fully saturated rings. The van der Waals surface area contributed by atoms with Crippen LogP contribution in [-0.4, -0.2) is 0 Å². The molecule has 1 rings (SSSR count). The highest BCUT2D eigenvalue weighted by Crippen LogP contribution is 1.98. The quantitative estimate of drug-likeness (QED) is 0.552. The van der Waals surface area contributed by atoms with Crippen molar-refractivity contribution in [1.82, 2.24) is 0 Å². The summed E-state index contributed by atoms with van der Waals surface area (Å²) in [5.74, 6) is 0. The van der Waals surface area contributed by atoms with Gasteiger partial charge in [-0.2, -0.15) is 0 Å². The lowest BCUT2D eigenvalue weighted by atomic mass is 10.4. The van der Waals surface area contributed by atoms with E-state index in [2.05, 4.69) is 47.6 Å². The highest BCUT2D eigenvalue weighted by molar-refractivity contribution is 14.1. The molecule has 0 radical (unpaired) electrons. The Kier molecular flexibility index (Phi) is 2.91. The van der Waals surface area contributed by atoms with E-state index in [0.717, 1.165) is 5.33 Å². The average Bonchev–Trinajstić information content (AvgIpc) is 1.89. The lowest BCUT2D eigenvalue weighted by Gasteiger charge is -1.87. The summed E-state index contributed by atoms with van der Waals surface area (Å²) < 4.78 is 2.06. The molecule has 0 aliphatic carbocycles. The number of hydrogen-bond acceptors (Lipinski definition) is 0. The monoisotopic (exact) mass is 298 g/mol. The summed E-state index contributed by atoms with van der Waals surface area (Å²) in [6, 6.07) is 6.13. The first-order valence-corrected chi connectivity index (χ1v) is 4.65. The van der Waals surface area contributed by atoms with Crippen molar-refractivity contribution in [3.8, 4) is 0 Å². The highest BCUT2D eigenvalue weighted by Gasteiger charge is 2.01. The zero-order valence-electron chi connectivity index (χ0n) is 4.72. The zero-order chi connectivity index (χ0) is 6.69. The first kappa shape index (κ1) is 7.47. The van der Waals surface area contributed by atoms with Crippen molar-refractivity contribution in [1.29, 1.82) is 0 Å². The molecule has 0 amide bonds. The molecule has 9 heavy (non-hydrogen) atoms. The molecular weight excluding hydrogens is 293 g/mol. The van der Waals surface area contributed by atoms with Crippen molar-refractivity contribution in [2.75, 3.05) is 0 Å². The molecule has 0 saturated heterocycles. The maximum atomic E-state index is 3.38. The number of aromatic nitrogens is 1. The lowest BCUT2D eigenvalue weighted by Crippen LogP contribution is -2.23. The molecule has 0 spiro atoms. The summed E-state index contributed by atoms with van der Waals surface area (Å²) in [4.78, 5) is 0. The third-order valence-corrected chi connectivity index (χ3v) is 2.54. The van der Waals surface area contributed by atoms with Gasteiger partial charge in [-0.1, -0.05) is 22.0 Å². The van der Waals surface area contributed by atoms with Crippen molar-refractivity contribution in [2.45, 2.75) is 5.33 Å². The summed E-state index contributed by atoms with van der Waals surface area (Å²) in [6.45, 7) is 0. The van der Waals surface area contributed by atoms with Gasteiger partial charge in [0.25, 0.3) is 0 Å². The lowest BCUT2D eigenvalue weighted by molar-refractivity contribution is -0.449. The zero-order valence-corrected chi connectivity index (χ0v) is 8.46. The fourth-order valence-corrected chi connectivity index (χ4v) is 2.00. The van der Waals surface area contributed by atoms with E-state index in [1.54, 1.807) is 0 Å². The van der Waals surface area contributed by atoms with E-state index in [9.17, 15) is 0 Å². The molecule has 0 aromatic carbocycles. The Balaban J connectivity index is 3.01. The summed E-state index contributed by atoms with van der Waals surface area (Å²) in [5.41, 5.74) is 1.28. The number of halogens is 2. The van der Waals surface area contributed by atoms with Gasteiger partial charge in [-0.05, 0) is 0 Å². The Morgan fingerprint density at radius 1 is 1.56 bits per heavy atom. The van der Waals surface area contributed by atoms with Crippen LogP contribution in [0.5, 0.6) is 0 Å². The predicted molar refractivity (Wildman–Crippen MR) is 48.7 cm³/mol. The van der Waals surface area contributed by atoms with E-state index in [4.69, 9.17) is 0 Å². The molecular formula is C6H6BrIN+. The molecule has 0 bridgehead atoms. The smallest absolute Gasteiger partial charge is 0.140 e. The van der Waals surface area contributed by atoms with Crippen LogP contribution < -0.4 is 2.78 Å². The topological polar surface area (TPSA) is 3.88 Å². The van der Waals surface area contributed by atoms with Crippen LogP contribution in [0.3, 0.4) is 0 Å². The second-order valence-corrected chi connectivity index (χ2v) is 3.24. The Bertz CT molecular complexity index is 202. The predicted octanol–water partition coefficient (Wildman–Crippen LogP) is 2.07. The van der Waals surface area contributed by atoms with Gasteiger partial charge < -0.3 is 0 Å². The van der Waals surface area contributed by atoms with Gasteiger partial charge >= 0.3 is 22.9 Å². The minimum Gasteiger partial charge on any atom is -0.140 e. The van der Waals surface area contributed by atoms with E-state index >= 15 is 0 Å². The molecule has 48 valence electrons. The van der Waals surface area contributed by atoms with Crippen LogP contribution in [0.25, 0.3) is 0 Å². The number of hydrogen-bond donors (Lipinski definition) is 0. The van der Waals surface area contributed by atoms with Gasteiger partial charge in [0.05, 0.1) is 5.33 Å². The molecule has 3 heteroatoms. The van der Waals surface area contributed by atoms with E-state index in [1.807, 2.05) is 18.3 Å². The van der Waals surface area contributed by atoms with Crippen molar-refractivity contribution in [2.24, 2.45) is 0 Å². The van der Waals surface area contributed by atoms with Crippen LogP contribution in [0.4, 0.5) is 0 Å². The fourth-order valence-electron chi connectivity index (χ4n) is 0.560. The number of rotatable bonds is 1. The van der Waals surface area contributed by atoms with Crippen molar-refractivity contribution >= 4 is 38.8 Å². The van der Waals surface area contributed by atoms with E-state index < -0.39 is 0 Å². The Morgan fingerprint density at radius 2 is 2.33 bits per heavy atom. The highest BCUT2D eigenvalue weighted by atomic mass is 127. The normalized spacial score (nSPS) is 9.56. The number of pyridine rings is 1. The van der Waals surface area contributed by atoms with Crippen molar-refractivity contribution < 1.29 is 2.78 Å². The van der Waals surface area contributed by atoms with Gasteiger partial charge in [-0.15, -0.1) is 2.78 Å². The molecule has 0 aliphatic rings. The molecule has 0 atom stereocenters. The van der Waals surface area contributed by atoms with Gasteiger partial charge in [0.15, 0.2) is 6.20 Å². The Hall–Kier alpha value is 0.360. The third kappa shape index (κ3) is 1.89. The molecule has 0 N–H and O–H groups in total. The third-order valence-electron chi connectivity index (χ3n) is 1.03. The standard InChI is InChI=1S/C6H6BrIN/c7-5-6-3-1-2-4-9(6)8/h1-4H,5H2/q+1. The summed E-state index contributed by atoms with van der Waals surface area (Å²) in [7, 11) is 0. The minimum absolute atomic E-state index is 0.913. The average molecular weight is 299 g/mol. The molecule has 0 aliphatic heterocycles. The maximum absolute atomic E-state index is 3.38. The van der Waals surface area contributed by atoms with Crippen LogP contribution in [0, 0.1) is 0 Å². The molecule has 1 aromatic rings. The number of alkyl halides is 1. The molecule has 0 unspecified atom stereocenters. The second-order valence-electron chi connectivity index (χ2n) is 1.64. The Labute approximate surface area is 76.7 Å². The molecule has 1 heterocycles. The Morgan fingerprint density at radius 3 is 2.78 bits per heavy atom. The van der Waals surface area contributed by atoms with Crippen LogP contribution in [0.1, 0.15) is 5.69 Å². The maximum Gasteiger partial charge on any atom is 0.354 e. The van der Waals surface area contributed by atoms with E-state index in [1.165, 1.54) is 5.69 Å². The summed E-state index contributed by atoms with van der Waals surface area (Å²) >= 11 is 5.63. The van der Waals surface area contributed by atoms with Crippen LogP contribution in [0.15, 0.2) is 24.4 Å². The van der Waals surface area contributed by atoms with Crippen molar-refractivity contribution in [3.05, 3.63) is 30.1 Å². The van der Waals surface area contributed by atoms with Gasteiger partial charge in [0.2, 0.25) is 5.69 Å². The van der Waals surface area contributed by atoms with Gasteiger partial charge in [0, 0.05) is 12.1 Å². The van der Waals surface area contributed by atoms with E-state index in [0.29, 0.717) is 0 Å². The molecule has 1 aromatic heterocycles. The fraction of sp³-hybridized carbons (Fsp3) is 0.167. The first-order chi connectivity index (χ1) is 4.34. The van der Waals surface area contributed by atoms with Crippen LogP contribution in [0.2, 0.25) is 0 Å². The van der Waals surface area contributed by atoms with Gasteiger partial charge in [0.1, 0.15) is 0 Å². The van der Waals surface area contributed by atoms with Crippen molar-refractivity contribution in [3.63, 3.8) is 0 Å². The minimum atomic E-state index is 0.913. The molecule has 1 nitrogen and oxygen atoms in total. The summed E-state index contributed by atoms with van der Waals surface area (Å²) in [6.07, 6.45) is 2.02. The summed E-state index contributed by atoms with van der Waals surface area (Å²) in [5, 5.41) is 0.913. The number of nitrogens with zero attached hydrogens (tertiary/aromatic N) is 1. The van der Waals surface area contributed by atoms with Crippen LogP contribution in [-0.2, 0) is 5.33 Å². The molecule has 0 saturated carbocycles. The van der Waals surface area contributed by atoms with E-state index in [-0.39, 0.29) is 0 Å². The van der Waals surface area contributed by atoms with Crippen LogP contribution >= 0.6 is 38.8 Å². The second kappa shape index (κ2) is 3.51. The first-order valence-electron chi connectivity index (χ1n) is 2.56. The van der Waals surface area contributed by atoms with Gasteiger partial charge in [-0.3, -0.25) is 0 Å². The largest absolute Gasteiger partial charge is 0.354 e. The van der Waals surface area contributed by atoms with Gasteiger partial charge in [-0.25, -0.2) is 0 Å². The SMILES string of the molecule is BrCc1cccc[n+]1I.